The minimum absolute atomic E-state index is 0.0816. The Hall–Kier alpha value is -2.21. The standard InChI is InChI=1S/C12H12N2O4/c13-7-8-1-3-9(4-2-8)12(17)18-14-10(15)5-6-11(14)16/h1-4H,5-7,13H2. The van der Waals surface area contributed by atoms with E-state index in [9.17, 15) is 14.4 Å². The molecule has 0 aliphatic carbocycles. The van der Waals surface area contributed by atoms with Crippen molar-refractivity contribution < 1.29 is 19.2 Å². The van der Waals surface area contributed by atoms with Gasteiger partial charge < -0.3 is 10.6 Å². The summed E-state index contributed by atoms with van der Waals surface area (Å²) in [6.07, 6.45) is 0.163. The first-order valence-corrected chi connectivity index (χ1v) is 5.49. The van der Waals surface area contributed by atoms with E-state index in [1.165, 1.54) is 12.1 Å². The lowest BCUT2D eigenvalue weighted by atomic mass is 10.1. The average Bonchev–Trinajstić information content (AvgIpc) is 2.70. The second-order valence-corrected chi connectivity index (χ2v) is 3.86. The Kier molecular flexibility index (Phi) is 3.38. The fourth-order valence-corrected chi connectivity index (χ4v) is 1.57. The number of benzene rings is 1. The number of nitrogens with zero attached hydrogens (tertiary/aromatic N) is 1. The zero-order chi connectivity index (χ0) is 13.1. The van der Waals surface area contributed by atoms with Crippen molar-refractivity contribution in [2.45, 2.75) is 19.4 Å². The minimum atomic E-state index is -0.734. The highest BCUT2D eigenvalue weighted by molar-refractivity contribution is 6.02. The maximum atomic E-state index is 11.7. The van der Waals surface area contributed by atoms with E-state index in [0.29, 0.717) is 11.6 Å². The second kappa shape index (κ2) is 4.97. The van der Waals surface area contributed by atoms with E-state index < -0.39 is 17.8 Å². The maximum Gasteiger partial charge on any atom is 0.363 e. The van der Waals surface area contributed by atoms with Gasteiger partial charge in [-0.1, -0.05) is 12.1 Å². The lowest BCUT2D eigenvalue weighted by Crippen LogP contribution is -2.32. The molecule has 0 spiro atoms. The Morgan fingerprint density at radius 3 is 2.22 bits per heavy atom. The third-order valence-corrected chi connectivity index (χ3v) is 2.61. The van der Waals surface area contributed by atoms with Gasteiger partial charge in [0.2, 0.25) is 0 Å². The first-order chi connectivity index (χ1) is 8.61. The molecule has 0 atom stereocenters. The molecule has 0 unspecified atom stereocenters. The van der Waals surface area contributed by atoms with Gasteiger partial charge in [0.1, 0.15) is 0 Å². The molecule has 1 fully saturated rings. The lowest BCUT2D eigenvalue weighted by molar-refractivity contribution is -0.172. The topological polar surface area (TPSA) is 89.7 Å². The predicted octanol–water partition coefficient (Wildman–Crippen LogP) is 0.366. The molecule has 1 heterocycles. The molecule has 0 saturated carbocycles. The molecule has 6 nitrogen and oxygen atoms in total. The molecular formula is C12H12N2O4. The summed E-state index contributed by atoms with van der Waals surface area (Å²) in [4.78, 5) is 39.0. The van der Waals surface area contributed by atoms with Crippen molar-refractivity contribution in [3.63, 3.8) is 0 Å². The number of imide groups is 1. The van der Waals surface area contributed by atoms with Gasteiger partial charge in [0.15, 0.2) is 0 Å². The van der Waals surface area contributed by atoms with Crippen LogP contribution < -0.4 is 5.73 Å². The summed E-state index contributed by atoms with van der Waals surface area (Å²) in [5.41, 5.74) is 6.57. The van der Waals surface area contributed by atoms with Gasteiger partial charge in [0.25, 0.3) is 11.8 Å². The number of hydrogen-bond donors (Lipinski definition) is 1. The number of nitrogens with two attached hydrogens (primary N) is 1. The maximum absolute atomic E-state index is 11.7. The van der Waals surface area contributed by atoms with Crippen molar-refractivity contribution in [2.24, 2.45) is 5.73 Å². The third kappa shape index (κ3) is 2.38. The Morgan fingerprint density at radius 2 is 1.72 bits per heavy atom. The van der Waals surface area contributed by atoms with Crippen molar-refractivity contribution in [2.75, 3.05) is 0 Å². The van der Waals surface area contributed by atoms with E-state index in [-0.39, 0.29) is 18.4 Å². The summed E-state index contributed by atoms with van der Waals surface area (Å²) in [6, 6.07) is 6.44. The van der Waals surface area contributed by atoms with Gasteiger partial charge in [0.05, 0.1) is 5.56 Å². The summed E-state index contributed by atoms with van der Waals surface area (Å²) in [7, 11) is 0. The Morgan fingerprint density at radius 1 is 1.17 bits per heavy atom. The summed E-state index contributed by atoms with van der Waals surface area (Å²) in [5, 5.41) is 0.527. The molecule has 1 aliphatic heterocycles. The van der Waals surface area contributed by atoms with Gasteiger partial charge in [-0.05, 0) is 17.7 Å². The molecule has 1 aliphatic rings. The zero-order valence-corrected chi connectivity index (χ0v) is 9.59. The molecule has 6 heteroatoms. The SMILES string of the molecule is NCc1ccc(C(=O)ON2C(=O)CCC2=O)cc1. The first-order valence-electron chi connectivity index (χ1n) is 5.49. The van der Waals surface area contributed by atoms with Crippen molar-refractivity contribution in [1.82, 2.24) is 5.06 Å². The Labute approximate surface area is 103 Å². The van der Waals surface area contributed by atoms with Crippen LogP contribution in [0.4, 0.5) is 0 Å². The largest absolute Gasteiger partial charge is 0.363 e. The molecule has 2 rings (SSSR count). The van der Waals surface area contributed by atoms with Gasteiger partial charge in [0, 0.05) is 19.4 Å². The molecular weight excluding hydrogens is 236 g/mol. The number of amides is 2. The molecule has 2 N–H and O–H groups in total. The number of hydrogen-bond acceptors (Lipinski definition) is 5. The van der Waals surface area contributed by atoms with Crippen LogP contribution in [-0.4, -0.2) is 22.8 Å². The normalized spacial score (nSPS) is 15.1. The van der Waals surface area contributed by atoms with Crippen LogP contribution in [-0.2, 0) is 21.0 Å². The fourth-order valence-electron chi connectivity index (χ4n) is 1.57. The van der Waals surface area contributed by atoms with E-state index >= 15 is 0 Å². The highest BCUT2D eigenvalue weighted by Gasteiger charge is 2.33. The van der Waals surface area contributed by atoms with Crippen LogP contribution in [0.25, 0.3) is 0 Å². The van der Waals surface area contributed by atoms with Gasteiger partial charge in [-0.2, -0.15) is 0 Å². The molecule has 18 heavy (non-hydrogen) atoms. The smallest absolute Gasteiger partial charge is 0.326 e. The Balaban J connectivity index is 2.07. The summed E-state index contributed by atoms with van der Waals surface area (Å²) in [6.45, 7) is 0.373. The van der Waals surface area contributed by atoms with E-state index in [0.717, 1.165) is 5.56 Å². The van der Waals surface area contributed by atoms with Gasteiger partial charge in [-0.15, -0.1) is 5.06 Å². The highest BCUT2D eigenvalue weighted by atomic mass is 16.7. The number of rotatable bonds is 3. The third-order valence-electron chi connectivity index (χ3n) is 2.61. The Bertz CT molecular complexity index is 479. The molecule has 1 aromatic carbocycles. The predicted molar refractivity (Wildman–Crippen MR) is 60.8 cm³/mol. The summed E-state index contributed by atoms with van der Waals surface area (Å²) in [5.74, 6) is -1.72. The van der Waals surface area contributed by atoms with Crippen molar-refractivity contribution in [1.29, 1.82) is 0 Å². The molecule has 94 valence electrons. The van der Waals surface area contributed by atoms with E-state index in [1.54, 1.807) is 12.1 Å². The first kappa shape index (κ1) is 12.3. The quantitative estimate of drug-likeness (QED) is 0.780. The van der Waals surface area contributed by atoms with Crippen molar-refractivity contribution in [3.8, 4) is 0 Å². The van der Waals surface area contributed by atoms with Crippen LogP contribution >= 0.6 is 0 Å². The molecule has 2 amide bonds. The van der Waals surface area contributed by atoms with Crippen LogP contribution in [0.1, 0.15) is 28.8 Å². The minimum Gasteiger partial charge on any atom is -0.326 e. The molecule has 1 aromatic rings. The van der Waals surface area contributed by atoms with Gasteiger partial charge in [-0.25, -0.2) is 4.79 Å². The summed E-state index contributed by atoms with van der Waals surface area (Å²) >= 11 is 0. The van der Waals surface area contributed by atoms with E-state index in [2.05, 4.69) is 0 Å². The molecule has 0 aromatic heterocycles. The number of hydroxylamine groups is 2. The molecule has 0 radical (unpaired) electrons. The van der Waals surface area contributed by atoms with Gasteiger partial charge in [-0.3, -0.25) is 9.59 Å². The van der Waals surface area contributed by atoms with Crippen molar-refractivity contribution in [3.05, 3.63) is 35.4 Å². The monoisotopic (exact) mass is 248 g/mol. The zero-order valence-electron chi connectivity index (χ0n) is 9.59. The average molecular weight is 248 g/mol. The molecule has 1 saturated heterocycles. The van der Waals surface area contributed by atoms with Gasteiger partial charge >= 0.3 is 5.97 Å². The van der Waals surface area contributed by atoms with Crippen molar-refractivity contribution >= 4 is 17.8 Å². The van der Waals surface area contributed by atoms with Crippen LogP contribution in [0.3, 0.4) is 0 Å². The summed E-state index contributed by atoms with van der Waals surface area (Å²) < 4.78 is 0. The van der Waals surface area contributed by atoms with Crippen LogP contribution in [0.2, 0.25) is 0 Å². The van der Waals surface area contributed by atoms with Crippen LogP contribution in [0.15, 0.2) is 24.3 Å². The van der Waals surface area contributed by atoms with Crippen LogP contribution in [0, 0.1) is 0 Å². The second-order valence-electron chi connectivity index (χ2n) is 3.86. The fraction of sp³-hybridized carbons (Fsp3) is 0.250. The number of carbonyl (C=O) groups is 3. The molecule has 0 bridgehead atoms. The van der Waals surface area contributed by atoms with Crippen LogP contribution in [0.5, 0.6) is 0 Å². The number of carbonyl (C=O) groups excluding carboxylic acids is 3. The lowest BCUT2D eigenvalue weighted by Gasteiger charge is -2.12. The van der Waals surface area contributed by atoms with E-state index in [1.807, 2.05) is 0 Å². The highest BCUT2D eigenvalue weighted by Crippen LogP contribution is 2.14. The van der Waals surface area contributed by atoms with E-state index in [4.69, 9.17) is 10.6 Å².